The predicted octanol–water partition coefficient (Wildman–Crippen LogP) is 2.54. The fraction of sp³-hybridized carbons (Fsp3) is 0.450. The van der Waals surface area contributed by atoms with Crippen LogP contribution < -0.4 is 15.7 Å². The van der Waals surface area contributed by atoms with E-state index in [0.717, 1.165) is 32.1 Å². The van der Waals surface area contributed by atoms with Crippen LogP contribution in [0.2, 0.25) is 0 Å². The number of fused-ring (bicyclic) bond motifs is 1. The van der Waals surface area contributed by atoms with Crippen molar-refractivity contribution >= 4 is 22.8 Å². The zero-order chi connectivity index (χ0) is 19.2. The second-order valence-corrected chi connectivity index (χ2v) is 6.67. The Hall–Kier alpha value is -2.83. The number of rotatable bonds is 6. The molecule has 1 amide bonds. The number of hydrogen-bond acceptors (Lipinski definition) is 6. The van der Waals surface area contributed by atoms with Crippen molar-refractivity contribution in [2.75, 3.05) is 13.7 Å². The number of nitrogens with one attached hydrogen (secondary N) is 1. The fourth-order valence-electron chi connectivity index (χ4n) is 3.33. The van der Waals surface area contributed by atoms with Crippen LogP contribution >= 0.6 is 0 Å². The Morgan fingerprint density at radius 1 is 1.19 bits per heavy atom. The summed E-state index contributed by atoms with van der Waals surface area (Å²) in [6, 6.07) is 6.37. The van der Waals surface area contributed by atoms with Gasteiger partial charge in [0.1, 0.15) is 24.5 Å². The molecule has 0 bridgehead atoms. The van der Waals surface area contributed by atoms with E-state index in [-0.39, 0.29) is 25.0 Å². The first-order valence-electron chi connectivity index (χ1n) is 9.11. The van der Waals surface area contributed by atoms with Gasteiger partial charge in [0, 0.05) is 29.0 Å². The number of hydrogen-bond donors (Lipinski definition) is 1. The van der Waals surface area contributed by atoms with E-state index in [0.29, 0.717) is 22.3 Å². The van der Waals surface area contributed by atoms with Gasteiger partial charge in [-0.1, -0.05) is 19.3 Å². The number of carbonyl (C=O) groups is 2. The standard InChI is InChI=1S/C20H23NO6/c1-25-15-7-8-16-14(9-18(22)27-17(16)10-15)12-26-19(23)11-21-20(24)13-5-3-2-4-6-13/h7-10,13H,2-6,11-12H2,1H3,(H,21,24). The third kappa shape index (κ3) is 4.87. The molecule has 3 rings (SSSR count). The molecule has 0 unspecified atom stereocenters. The Kier molecular flexibility index (Phi) is 6.11. The normalized spacial score (nSPS) is 14.7. The van der Waals surface area contributed by atoms with Crippen LogP contribution in [0.5, 0.6) is 5.75 Å². The average Bonchev–Trinajstić information content (AvgIpc) is 2.70. The molecule has 7 nitrogen and oxygen atoms in total. The molecule has 0 saturated heterocycles. The van der Waals surface area contributed by atoms with Gasteiger partial charge in [0.15, 0.2) is 0 Å². The molecule has 1 fully saturated rings. The van der Waals surface area contributed by atoms with Gasteiger partial charge in [-0.15, -0.1) is 0 Å². The number of esters is 1. The Balaban J connectivity index is 1.58. The summed E-state index contributed by atoms with van der Waals surface area (Å²) in [5.41, 5.74) is 0.363. The van der Waals surface area contributed by atoms with Crippen molar-refractivity contribution in [3.8, 4) is 5.75 Å². The van der Waals surface area contributed by atoms with E-state index in [1.54, 1.807) is 18.2 Å². The van der Waals surface area contributed by atoms with Crippen molar-refractivity contribution in [3.63, 3.8) is 0 Å². The van der Waals surface area contributed by atoms with Crippen LogP contribution in [0, 0.1) is 5.92 Å². The second kappa shape index (κ2) is 8.70. The molecule has 0 spiro atoms. The summed E-state index contributed by atoms with van der Waals surface area (Å²) in [5.74, 6) is -0.0898. The fourth-order valence-corrected chi connectivity index (χ4v) is 3.33. The van der Waals surface area contributed by atoms with E-state index in [4.69, 9.17) is 13.9 Å². The van der Waals surface area contributed by atoms with Gasteiger partial charge in [0.25, 0.3) is 0 Å². The first-order valence-corrected chi connectivity index (χ1v) is 9.11. The zero-order valence-corrected chi connectivity index (χ0v) is 15.3. The monoisotopic (exact) mass is 373 g/mol. The summed E-state index contributed by atoms with van der Waals surface area (Å²) < 4.78 is 15.5. The Bertz CT molecular complexity index is 882. The maximum atomic E-state index is 12.1. The highest BCUT2D eigenvalue weighted by atomic mass is 16.5. The first-order chi connectivity index (χ1) is 13.1. The molecule has 7 heteroatoms. The molecule has 1 heterocycles. The van der Waals surface area contributed by atoms with Crippen LogP contribution in [0.3, 0.4) is 0 Å². The summed E-state index contributed by atoms with van der Waals surface area (Å²) in [5, 5.41) is 3.30. The highest BCUT2D eigenvalue weighted by Crippen LogP contribution is 2.24. The molecule has 0 radical (unpaired) electrons. The number of methoxy groups -OCH3 is 1. The minimum absolute atomic E-state index is 0.00997. The van der Waals surface area contributed by atoms with Gasteiger partial charge in [-0.05, 0) is 25.0 Å². The summed E-state index contributed by atoms with van der Waals surface area (Å²) >= 11 is 0. The Morgan fingerprint density at radius 3 is 2.70 bits per heavy atom. The summed E-state index contributed by atoms with van der Waals surface area (Å²) in [7, 11) is 1.52. The molecule has 1 saturated carbocycles. The van der Waals surface area contributed by atoms with E-state index in [9.17, 15) is 14.4 Å². The van der Waals surface area contributed by atoms with E-state index < -0.39 is 11.6 Å². The van der Waals surface area contributed by atoms with Gasteiger partial charge >= 0.3 is 11.6 Å². The molecule has 1 aliphatic rings. The Morgan fingerprint density at radius 2 is 1.96 bits per heavy atom. The maximum Gasteiger partial charge on any atom is 0.336 e. The number of ether oxygens (including phenoxy) is 2. The van der Waals surface area contributed by atoms with Gasteiger partial charge < -0.3 is 19.2 Å². The van der Waals surface area contributed by atoms with Gasteiger partial charge in [-0.2, -0.15) is 0 Å². The predicted molar refractivity (Wildman–Crippen MR) is 98.4 cm³/mol. The minimum Gasteiger partial charge on any atom is -0.497 e. The minimum atomic E-state index is -0.547. The van der Waals surface area contributed by atoms with Gasteiger partial charge in [-0.3, -0.25) is 9.59 Å². The van der Waals surface area contributed by atoms with Gasteiger partial charge in [0.2, 0.25) is 5.91 Å². The molecule has 2 aromatic rings. The average molecular weight is 373 g/mol. The highest BCUT2D eigenvalue weighted by molar-refractivity contribution is 5.84. The molecule has 1 aromatic carbocycles. The molecule has 1 aromatic heterocycles. The van der Waals surface area contributed by atoms with E-state index >= 15 is 0 Å². The molecular weight excluding hydrogens is 350 g/mol. The van der Waals surface area contributed by atoms with Crippen LogP contribution in [-0.2, 0) is 20.9 Å². The van der Waals surface area contributed by atoms with Crippen LogP contribution in [0.1, 0.15) is 37.7 Å². The van der Waals surface area contributed by atoms with Crippen molar-refractivity contribution in [1.29, 1.82) is 0 Å². The van der Waals surface area contributed by atoms with E-state index in [1.807, 2.05) is 0 Å². The molecular formula is C20H23NO6. The molecule has 1 N–H and O–H groups in total. The van der Waals surface area contributed by atoms with Crippen LogP contribution in [0.15, 0.2) is 33.5 Å². The number of benzene rings is 1. The number of carbonyl (C=O) groups excluding carboxylic acids is 2. The highest BCUT2D eigenvalue weighted by Gasteiger charge is 2.21. The lowest BCUT2D eigenvalue weighted by molar-refractivity contribution is -0.145. The SMILES string of the molecule is COc1ccc2c(COC(=O)CNC(=O)C3CCCCC3)cc(=O)oc2c1. The molecule has 1 aliphatic carbocycles. The van der Waals surface area contributed by atoms with Crippen molar-refractivity contribution in [3.05, 3.63) is 40.2 Å². The van der Waals surface area contributed by atoms with Crippen molar-refractivity contribution in [2.45, 2.75) is 38.7 Å². The summed E-state index contributed by atoms with van der Waals surface area (Å²) in [6.07, 6.45) is 5.01. The van der Waals surface area contributed by atoms with Crippen molar-refractivity contribution in [1.82, 2.24) is 5.32 Å². The number of amides is 1. The topological polar surface area (TPSA) is 94.8 Å². The maximum absolute atomic E-state index is 12.1. The van der Waals surface area contributed by atoms with Crippen LogP contribution in [0.25, 0.3) is 11.0 Å². The lowest BCUT2D eigenvalue weighted by atomic mass is 9.89. The molecule has 0 aliphatic heterocycles. The van der Waals surface area contributed by atoms with Crippen molar-refractivity contribution < 1.29 is 23.5 Å². The quantitative estimate of drug-likeness (QED) is 0.618. The third-order valence-corrected chi connectivity index (χ3v) is 4.81. The lowest BCUT2D eigenvalue weighted by Gasteiger charge is -2.20. The van der Waals surface area contributed by atoms with Crippen LogP contribution in [0.4, 0.5) is 0 Å². The zero-order valence-electron chi connectivity index (χ0n) is 15.3. The molecule has 144 valence electrons. The first kappa shape index (κ1) is 18.9. The molecule has 0 atom stereocenters. The second-order valence-electron chi connectivity index (χ2n) is 6.67. The van der Waals surface area contributed by atoms with E-state index in [2.05, 4.69) is 5.32 Å². The van der Waals surface area contributed by atoms with Crippen molar-refractivity contribution in [2.24, 2.45) is 5.92 Å². The third-order valence-electron chi connectivity index (χ3n) is 4.81. The summed E-state index contributed by atoms with van der Waals surface area (Å²) in [4.78, 5) is 35.8. The van der Waals surface area contributed by atoms with Gasteiger partial charge in [-0.25, -0.2) is 4.79 Å². The summed E-state index contributed by atoms with van der Waals surface area (Å²) in [6.45, 7) is -0.255. The van der Waals surface area contributed by atoms with Crippen LogP contribution in [-0.4, -0.2) is 25.5 Å². The largest absolute Gasteiger partial charge is 0.497 e. The smallest absolute Gasteiger partial charge is 0.336 e. The lowest BCUT2D eigenvalue weighted by Crippen LogP contribution is -2.36. The molecule has 27 heavy (non-hydrogen) atoms. The Labute approximate surface area is 156 Å². The van der Waals surface area contributed by atoms with Gasteiger partial charge in [0.05, 0.1) is 7.11 Å². The van der Waals surface area contributed by atoms with E-state index in [1.165, 1.54) is 13.2 Å².